The topological polar surface area (TPSA) is 25.0 Å². The number of likely N-dealkylation sites (tertiary alicyclic amines) is 2. The van der Waals surface area contributed by atoms with Gasteiger partial charge in [-0.15, -0.1) is 0 Å². The molecule has 2 fully saturated rings. The zero-order valence-corrected chi connectivity index (χ0v) is 19.9. The van der Waals surface area contributed by atoms with Crippen molar-refractivity contribution in [3.63, 3.8) is 0 Å². The van der Waals surface area contributed by atoms with Crippen molar-refractivity contribution in [2.24, 2.45) is 5.92 Å². The predicted octanol–water partition coefficient (Wildman–Crippen LogP) is 4.18. The van der Waals surface area contributed by atoms with E-state index in [0.29, 0.717) is 5.69 Å². The van der Waals surface area contributed by atoms with Gasteiger partial charge in [-0.05, 0) is 48.6 Å². The first-order chi connectivity index (χ1) is 15.4. The van der Waals surface area contributed by atoms with Crippen LogP contribution >= 0.6 is 0 Å². The Hall–Kier alpha value is -2.63. The summed E-state index contributed by atoms with van der Waals surface area (Å²) in [6.45, 7) is 7.60. The Morgan fingerprint density at radius 2 is 1.94 bits per heavy atom. The van der Waals surface area contributed by atoms with E-state index in [9.17, 15) is 4.39 Å². The second kappa shape index (κ2) is 8.38. The number of nitrogens with zero attached hydrogens (tertiary/aromatic N) is 4. The minimum atomic E-state index is -0.162. The van der Waals surface area contributed by atoms with Crippen LogP contribution in [-0.2, 0) is 0 Å². The van der Waals surface area contributed by atoms with Gasteiger partial charge in [0.2, 0.25) is 0 Å². The van der Waals surface area contributed by atoms with Crippen LogP contribution in [0, 0.1) is 11.7 Å². The summed E-state index contributed by atoms with van der Waals surface area (Å²) >= 11 is 0. The number of allylic oxidation sites excluding steroid dienone is 2. The Morgan fingerprint density at radius 3 is 2.56 bits per heavy atom. The Kier molecular flexibility index (Phi) is 5.56. The monoisotopic (exact) mass is 437 g/mol. The molecule has 5 rings (SSSR count). The highest BCUT2D eigenvalue weighted by molar-refractivity contribution is 5.83. The van der Waals surface area contributed by atoms with Crippen molar-refractivity contribution < 1.29 is 4.39 Å². The van der Waals surface area contributed by atoms with E-state index in [0.717, 1.165) is 49.9 Å². The summed E-state index contributed by atoms with van der Waals surface area (Å²) in [6.07, 6.45) is 10.6. The lowest BCUT2D eigenvalue weighted by atomic mass is 9.94. The van der Waals surface area contributed by atoms with E-state index < -0.39 is 0 Å². The fourth-order valence-electron chi connectivity index (χ4n) is 5.36. The minimum absolute atomic E-state index is 0.107. The highest BCUT2D eigenvalue weighted by Gasteiger charge is 2.32. The third-order valence-corrected chi connectivity index (χ3v) is 7.52. The normalized spacial score (nSPS) is 24.9. The average Bonchev–Trinajstić information content (AvgIpc) is 3.21. The van der Waals surface area contributed by atoms with E-state index in [-0.39, 0.29) is 11.9 Å². The molecule has 32 heavy (non-hydrogen) atoms. The van der Waals surface area contributed by atoms with Gasteiger partial charge in [-0.3, -0.25) is 0 Å². The molecule has 4 aliphatic heterocycles. The highest BCUT2D eigenvalue weighted by atomic mass is 19.1. The number of rotatable bonds is 5. The molecule has 0 amide bonds. The van der Waals surface area contributed by atoms with Crippen molar-refractivity contribution in [2.75, 3.05) is 64.1 Å². The van der Waals surface area contributed by atoms with Crippen LogP contribution in [0.2, 0.25) is 0 Å². The van der Waals surface area contributed by atoms with Gasteiger partial charge in [0.1, 0.15) is 11.6 Å². The van der Waals surface area contributed by atoms with E-state index in [1.165, 1.54) is 36.4 Å². The van der Waals surface area contributed by atoms with E-state index in [1.807, 2.05) is 25.1 Å². The number of fused-ring (bicyclic) bond motifs is 1. The van der Waals surface area contributed by atoms with E-state index >= 15 is 0 Å². The third-order valence-electron chi connectivity index (χ3n) is 7.52. The summed E-state index contributed by atoms with van der Waals surface area (Å²) in [6, 6.07) is 3.81. The number of anilines is 2. The molecule has 0 spiro atoms. The standard InChI is InChI=1S/C26H36FN5/c1-5-18-9-12-32(16-18)24-14-22(19-7-8-26(30(4)17-19)31-10-6-11-31)28-23-15-25(29(2)3)21(27)13-20(23)24/h7-8,13-15,18,22,28H,5-6,9-12,16-17H2,1-4H3. The van der Waals surface area contributed by atoms with Crippen molar-refractivity contribution in [2.45, 2.75) is 32.2 Å². The van der Waals surface area contributed by atoms with Crippen molar-refractivity contribution in [1.82, 2.24) is 14.7 Å². The quantitative estimate of drug-likeness (QED) is 0.745. The smallest absolute Gasteiger partial charge is 0.147 e. The maximum Gasteiger partial charge on any atom is 0.147 e. The molecule has 2 atom stereocenters. The second-order valence-electron chi connectivity index (χ2n) is 9.89. The first-order valence-corrected chi connectivity index (χ1v) is 12.1. The Balaban J connectivity index is 1.51. The molecule has 0 aliphatic carbocycles. The van der Waals surface area contributed by atoms with Gasteiger partial charge in [0.15, 0.2) is 0 Å². The van der Waals surface area contributed by atoms with E-state index in [1.54, 1.807) is 6.07 Å². The molecule has 4 aliphatic rings. The van der Waals surface area contributed by atoms with Gasteiger partial charge in [0.25, 0.3) is 0 Å². The first kappa shape index (κ1) is 21.2. The summed E-state index contributed by atoms with van der Waals surface area (Å²) in [5.74, 6) is 1.88. The minimum Gasteiger partial charge on any atom is -0.375 e. The number of hydrogen-bond donors (Lipinski definition) is 1. The van der Waals surface area contributed by atoms with Crippen LogP contribution in [0.5, 0.6) is 0 Å². The lowest BCUT2D eigenvalue weighted by Crippen LogP contribution is -2.44. The molecule has 1 aromatic carbocycles. The van der Waals surface area contributed by atoms with E-state index in [4.69, 9.17) is 0 Å². The molecule has 6 heteroatoms. The van der Waals surface area contributed by atoms with Crippen molar-refractivity contribution in [3.8, 4) is 0 Å². The fraction of sp³-hybridized carbons (Fsp3) is 0.538. The molecule has 0 radical (unpaired) electrons. The molecular formula is C26H36FN5. The van der Waals surface area contributed by atoms with Crippen LogP contribution in [-0.4, -0.2) is 74.6 Å². The van der Waals surface area contributed by atoms with Gasteiger partial charge in [0, 0.05) is 70.8 Å². The van der Waals surface area contributed by atoms with Crippen LogP contribution in [0.25, 0.3) is 5.70 Å². The predicted molar refractivity (Wildman–Crippen MR) is 131 cm³/mol. The summed E-state index contributed by atoms with van der Waals surface area (Å²) in [5.41, 5.74) is 5.17. The maximum atomic E-state index is 14.9. The zero-order valence-electron chi connectivity index (χ0n) is 19.9. The van der Waals surface area contributed by atoms with Gasteiger partial charge in [-0.1, -0.05) is 19.4 Å². The number of likely N-dealkylation sites (N-methyl/N-ethyl adjacent to an activating group) is 1. The van der Waals surface area contributed by atoms with Gasteiger partial charge in [-0.25, -0.2) is 4.39 Å². The van der Waals surface area contributed by atoms with Gasteiger partial charge in [0.05, 0.1) is 11.7 Å². The summed E-state index contributed by atoms with van der Waals surface area (Å²) in [4.78, 5) is 9.13. The number of nitrogens with one attached hydrogen (secondary N) is 1. The summed E-state index contributed by atoms with van der Waals surface area (Å²) in [5, 5.41) is 3.73. The van der Waals surface area contributed by atoms with Gasteiger partial charge in [-0.2, -0.15) is 0 Å². The molecule has 2 unspecified atom stereocenters. The summed E-state index contributed by atoms with van der Waals surface area (Å²) in [7, 11) is 5.98. The highest BCUT2D eigenvalue weighted by Crippen LogP contribution is 2.40. The number of benzene rings is 1. The average molecular weight is 438 g/mol. The van der Waals surface area contributed by atoms with Crippen LogP contribution in [0.1, 0.15) is 31.7 Å². The van der Waals surface area contributed by atoms with Gasteiger partial charge >= 0.3 is 0 Å². The van der Waals surface area contributed by atoms with Crippen molar-refractivity contribution >= 4 is 17.1 Å². The zero-order chi connectivity index (χ0) is 22.4. The molecule has 4 heterocycles. The van der Waals surface area contributed by atoms with Crippen LogP contribution in [0.4, 0.5) is 15.8 Å². The molecule has 0 bridgehead atoms. The Bertz CT molecular complexity index is 975. The third kappa shape index (κ3) is 3.74. The first-order valence-electron chi connectivity index (χ1n) is 12.1. The lowest BCUT2D eigenvalue weighted by Gasteiger charge is -2.42. The number of hydrogen-bond acceptors (Lipinski definition) is 5. The molecule has 0 saturated carbocycles. The summed E-state index contributed by atoms with van der Waals surface area (Å²) < 4.78 is 14.9. The Morgan fingerprint density at radius 1 is 1.12 bits per heavy atom. The largest absolute Gasteiger partial charge is 0.375 e. The maximum absolute atomic E-state index is 14.9. The molecule has 1 N–H and O–H groups in total. The van der Waals surface area contributed by atoms with Crippen LogP contribution in [0.15, 0.2) is 41.8 Å². The van der Waals surface area contributed by atoms with Crippen LogP contribution < -0.4 is 10.2 Å². The molecule has 2 saturated heterocycles. The molecule has 172 valence electrons. The molecule has 5 nitrogen and oxygen atoms in total. The molecule has 1 aromatic rings. The van der Waals surface area contributed by atoms with E-state index in [2.05, 4.69) is 52.2 Å². The lowest BCUT2D eigenvalue weighted by molar-refractivity contribution is 0.170. The molecular weight excluding hydrogens is 401 g/mol. The van der Waals surface area contributed by atoms with Crippen molar-refractivity contribution in [1.29, 1.82) is 0 Å². The SMILES string of the molecule is CCC1CCN(C2=CC(C3=CC=C(N4CCC4)N(C)C3)Nc3cc(N(C)C)c(F)cc32)C1. The van der Waals surface area contributed by atoms with Crippen LogP contribution in [0.3, 0.4) is 0 Å². The van der Waals surface area contributed by atoms with Gasteiger partial charge < -0.3 is 24.9 Å². The second-order valence-corrected chi connectivity index (χ2v) is 9.89. The molecule has 0 aromatic heterocycles. The van der Waals surface area contributed by atoms with Crippen molar-refractivity contribution in [3.05, 3.63) is 53.1 Å². The Labute approximate surface area is 191 Å². The number of halogens is 1. The fourth-order valence-corrected chi connectivity index (χ4v) is 5.36.